The maximum atomic E-state index is 12.8. The van der Waals surface area contributed by atoms with Crippen LogP contribution in [0.25, 0.3) is 0 Å². The Morgan fingerprint density at radius 3 is 2.61 bits per heavy atom. The average Bonchev–Trinajstić information content (AvgIpc) is 3.23. The van der Waals surface area contributed by atoms with Crippen molar-refractivity contribution in [1.29, 1.82) is 0 Å². The van der Waals surface area contributed by atoms with E-state index in [0.29, 0.717) is 17.9 Å². The maximum absolute atomic E-state index is 12.8. The number of piperidine rings is 1. The van der Waals surface area contributed by atoms with Gasteiger partial charge in [0.1, 0.15) is 5.82 Å². The van der Waals surface area contributed by atoms with Gasteiger partial charge in [-0.2, -0.15) is 0 Å². The molecule has 0 N–H and O–H groups in total. The molecule has 3 heterocycles. The summed E-state index contributed by atoms with van der Waals surface area (Å²) in [6.45, 7) is 11.3. The molecule has 128 valence electrons. The minimum absolute atomic E-state index is 0.214. The van der Waals surface area contributed by atoms with Gasteiger partial charge in [0, 0.05) is 50.5 Å². The summed E-state index contributed by atoms with van der Waals surface area (Å²) in [4.78, 5) is 21.8. The van der Waals surface area contributed by atoms with Crippen molar-refractivity contribution in [1.82, 2.24) is 19.4 Å². The molecule has 2 saturated heterocycles. The van der Waals surface area contributed by atoms with Crippen molar-refractivity contribution in [3.63, 3.8) is 0 Å². The number of rotatable bonds is 4. The van der Waals surface area contributed by atoms with Crippen LogP contribution >= 0.6 is 0 Å². The molecule has 2 fully saturated rings. The van der Waals surface area contributed by atoms with E-state index in [1.54, 1.807) is 0 Å². The Morgan fingerprint density at radius 1 is 1.26 bits per heavy atom. The van der Waals surface area contributed by atoms with Gasteiger partial charge < -0.3 is 14.4 Å². The van der Waals surface area contributed by atoms with E-state index in [9.17, 15) is 4.79 Å². The van der Waals surface area contributed by atoms with Crippen molar-refractivity contribution in [3.05, 3.63) is 18.2 Å². The van der Waals surface area contributed by atoms with Crippen molar-refractivity contribution in [2.24, 2.45) is 5.92 Å². The molecular weight excluding hydrogens is 288 g/mol. The van der Waals surface area contributed by atoms with E-state index in [0.717, 1.165) is 52.0 Å². The van der Waals surface area contributed by atoms with Gasteiger partial charge >= 0.3 is 0 Å². The highest BCUT2D eigenvalue weighted by Gasteiger charge is 2.34. The van der Waals surface area contributed by atoms with Crippen LogP contribution in [0.15, 0.2) is 12.4 Å². The number of carbonyl (C=O) groups excluding carboxylic acids is 1. The van der Waals surface area contributed by atoms with Crippen LogP contribution < -0.4 is 0 Å². The molecule has 3 rings (SSSR count). The summed E-state index contributed by atoms with van der Waals surface area (Å²) in [7, 11) is 0. The molecule has 0 unspecified atom stereocenters. The number of hydrogen-bond donors (Lipinski definition) is 0. The molecule has 1 amide bonds. The van der Waals surface area contributed by atoms with Crippen molar-refractivity contribution in [2.45, 2.75) is 58.5 Å². The molecular formula is C18H30N4O. The summed E-state index contributed by atoms with van der Waals surface area (Å²) in [5, 5.41) is 0. The zero-order valence-corrected chi connectivity index (χ0v) is 14.7. The molecule has 0 aromatic carbocycles. The van der Waals surface area contributed by atoms with Gasteiger partial charge in [0.25, 0.3) is 0 Å². The fourth-order valence-electron chi connectivity index (χ4n) is 4.02. The zero-order valence-electron chi connectivity index (χ0n) is 14.7. The third-order valence-corrected chi connectivity index (χ3v) is 5.56. The number of carbonyl (C=O) groups is 1. The lowest BCUT2D eigenvalue weighted by Gasteiger charge is -2.33. The Morgan fingerprint density at radius 2 is 2.00 bits per heavy atom. The first kappa shape index (κ1) is 16.5. The number of aryl methyl sites for hydroxylation is 1. The number of likely N-dealkylation sites (tertiary alicyclic amines) is 2. The molecule has 0 spiro atoms. The third-order valence-electron chi connectivity index (χ3n) is 5.56. The summed E-state index contributed by atoms with van der Waals surface area (Å²) in [5.41, 5.74) is 0. The molecule has 23 heavy (non-hydrogen) atoms. The van der Waals surface area contributed by atoms with E-state index < -0.39 is 0 Å². The van der Waals surface area contributed by atoms with E-state index >= 15 is 0 Å². The summed E-state index contributed by atoms with van der Waals surface area (Å²) in [6, 6.07) is 0.548. The van der Waals surface area contributed by atoms with E-state index in [1.807, 2.05) is 6.20 Å². The molecule has 5 nitrogen and oxygen atoms in total. The number of aromatic nitrogens is 2. The SMILES string of the molecule is CCn1ccnc1C1CCN(C(=O)[C@H]2CCN(C(C)C)C2)CC1. The second-order valence-corrected chi connectivity index (χ2v) is 7.25. The van der Waals surface area contributed by atoms with Crippen molar-refractivity contribution in [3.8, 4) is 0 Å². The smallest absolute Gasteiger partial charge is 0.227 e. The highest BCUT2D eigenvalue weighted by Crippen LogP contribution is 2.29. The Kier molecular flexibility index (Phi) is 5.05. The quantitative estimate of drug-likeness (QED) is 0.855. The van der Waals surface area contributed by atoms with E-state index in [2.05, 4.69) is 46.3 Å². The van der Waals surface area contributed by atoms with E-state index in [1.165, 1.54) is 5.82 Å². The molecule has 0 radical (unpaired) electrons. The number of nitrogens with zero attached hydrogens (tertiary/aromatic N) is 4. The van der Waals surface area contributed by atoms with Crippen molar-refractivity contribution < 1.29 is 4.79 Å². The van der Waals surface area contributed by atoms with Gasteiger partial charge in [-0.1, -0.05) is 0 Å². The van der Waals surface area contributed by atoms with Crippen LogP contribution in [-0.4, -0.2) is 57.5 Å². The van der Waals surface area contributed by atoms with Gasteiger partial charge in [-0.05, 0) is 46.6 Å². The van der Waals surface area contributed by atoms with Crippen LogP contribution in [0.1, 0.15) is 51.8 Å². The molecule has 2 aliphatic rings. The van der Waals surface area contributed by atoms with Crippen LogP contribution in [0.5, 0.6) is 0 Å². The van der Waals surface area contributed by atoms with Gasteiger partial charge in [0.05, 0.1) is 5.92 Å². The molecule has 1 aromatic heterocycles. The first-order valence-corrected chi connectivity index (χ1v) is 9.14. The minimum atomic E-state index is 0.214. The van der Waals surface area contributed by atoms with Crippen molar-refractivity contribution in [2.75, 3.05) is 26.2 Å². The van der Waals surface area contributed by atoms with Gasteiger partial charge in [0.15, 0.2) is 0 Å². The fourth-order valence-corrected chi connectivity index (χ4v) is 4.02. The van der Waals surface area contributed by atoms with Crippen LogP contribution in [0, 0.1) is 5.92 Å². The van der Waals surface area contributed by atoms with Gasteiger partial charge in [0.2, 0.25) is 5.91 Å². The third kappa shape index (κ3) is 3.44. The standard InChI is InChI=1S/C18H30N4O/c1-4-20-12-8-19-17(20)15-5-9-21(10-6-15)18(23)16-7-11-22(13-16)14(2)3/h8,12,14-16H,4-7,9-11,13H2,1-3H3/t16-/m0/s1. The molecule has 1 aromatic rings. The number of imidazole rings is 1. The lowest BCUT2D eigenvalue weighted by molar-refractivity contribution is -0.136. The summed E-state index contributed by atoms with van der Waals surface area (Å²) >= 11 is 0. The molecule has 5 heteroatoms. The van der Waals surface area contributed by atoms with E-state index in [-0.39, 0.29) is 5.92 Å². The predicted octanol–water partition coefficient (Wildman–Crippen LogP) is 2.34. The second kappa shape index (κ2) is 7.04. The largest absolute Gasteiger partial charge is 0.342 e. The van der Waals surface area contributed by atoms with Gasteiger partial charge in [-0.3, -0.25) is 4.79 Å². The molecule has 0 aliphatic carbocycles. The average molecular weight is 318 g/mol. The summed E-state index contributed by atoms with van der Waals surface area (Å²) in [6.07, 6.45) is 7.07. The monoisotopic (exact) mass is 318 g/mol. The van der Waals surface area contributed by atoms with Crippen LogP contribution in [-0.2, 0) is 11.3 Å². The number of amides is 1. The first-order chi connectivity index (χ1) is 11.1. The topological polar surface area (TPSA) is 41.4 Å². The highest BCUT2D eigenvalue weighted by atomic mass is 16.2. The molecule has 2 aliphatic heterocycles. The maximum Gasteiger partial charge on any atom is 0.227 e. The molecule has 1 atom stereocenters. The normalized spacial score (nSPS) is 23.8. The zero-order chi connectivity index (χ0) is 16.4. The molecule has 0 saturated carbocycles. The summed E-state index contributed by atoms with van der Waals surface area (Å²) in [5.74, 6) is 2.30. The van der Waals surface area contributed by atoms with Gasteiger partial charge in [-0.25, -0.2) is 4.98 Å². The van der Waals surface area contributed by atoms with E-state index in [4.69, 9.17) is 0 Å². The van der Waals surface area contributed by atoms with Gasteiger partial charge in [-0.15, -0.1) is 0 Å². The van der Waals surface area contributed by atoms with Crippen molar-refractivity contribution >= 4 is 5.91 Å². The van der Waals surface area contributed by atoms with Crippen LogP contribution in [0.3, 0.4) is 0 Å². The minimum Gasteiger partial charge on any atom is -0.342 e. The Balaban J connectivity index is 1.54. The lowest BCUT2D eigenvalue weighted by Crippen LogP contribution is -2.42. The lowest BCUT2D eigenvalue weighted by atomic mass is 9.94. The Hall–Kier alpha value is -1.36. The first-order valence-electron chi connectivity index (χ1n) is 9.14. The van der Waals surface area contributed by atoms with Crippen LogP contribution in [0.2, 0.25) is 0 Å². The Bertz CT molecular complexity index is 531. The number of hydrogen-bond acceptors (Lipinski definition) is 3. The summed E-state index contributed by atoms with van der Waals surface area (Å²) < 4.78 is 2.24. The Labute approximate surface area is 139 Å². The second-order valence-electron chi connectivity index (χ2n) is 7.25. The highest BCUT2D eigenvalue weighted by molar-refractivity contribution is 5.79. The fraction of sp³-hybridized carbons (Fsp3) is 0.778. The molecule has 0 bridgehead atoms. The van der Waals surface area contributed by atoms with Crippen LogP contribution in [0.4, 0.5) is 0 Å². The predicted molar refractivity (Wildman–Crippen MR) is 91.3 cm³/mol.